The number of hydrogen-bond donors (Lipinski definition) is 2. The Hall–Kier alpha value is -4.34. The van der Waals surface area contributed by atoms with E-state index in [-0.39, 0.29) is 17.8 Å². The molecular formula is C28H28FN5O4. The van der Waals surface area contributed by atoms with E-state index in [0.717, 1.165) is 27.6 Å². The third-order valence-corrected chi connectivity index (χ3v) is 7.43. The maximum Gasteiger partial charge on any atom is 0.410 e. The third-order valence-electron chi connectivity index (χ3n) is 7.43. The summed E-state index contributed by atoms with van der Waals surface area (Å²) in [4.78, 5) is 29.3. The Bertz CT molecular complexity index is 1480. The van der Waals surface area contributed by atoms with Crippen LogP contribution in [0.1, 0.15) is 41.4 Å². The number of urea groups is 1. The van der Waals surface area contributed by atoms with Crippen LogP contribution in [0.4, 0.5) is 19.7 Å². The zero-order valence-electron chi connectivity index (χ0n) is 20.9. The summed E-state index contributed by atoms with van der Waals surface area (Å²) < 4.78 is 25.6. The van der Waals surface area contributed by atoms with Crippen LogP contribution in [-0.2, 0) is 17.7 Å². The van der Waals surface area contributed by atoms with Crippen LogP contribution in [0.25, 0.3) is 10.9 Å². The molecule has 10 heteroatoms. The smallest absolute Gasteiger partial charge is 0.410 e. The number of fused-ring (bicyclic) bond motifs is 2. The van der Waals surface area contributed by atoms with Crippen LogP contribution in [0.5, 0.6) is 0 Å². The van der Waals surface area contributed by atoms with Gasteiger partial charge in [-0.1, -0.05) is 18.2 Å². The highest BCUT2D eigenvalue weighted by molar-refractivity contribution is 5.92. The zero-order chi connectivity index (χ0) is 26.2. The van der Waals surface area contributed by atoms with Gasteiger partial charge in [-0.2, -0.15) is 5.10 Å². The summed E-state index contributed by atoms with van der Waals surface area (Å²) >= 11 is 0. The number of nitrogens with one attached hydrogen (secondary N) is 2. The molecule has 0 bridgehead atoms. The number of anilines is 1. The fourth-order valence-corrected chi connectivity index (χ4v) is 5.45. The molecule has 0 spiro atoms. The number of ether oxygens (including phenoxy) is 1. The van der Waals surface area contributed by atoms with Gasteiger partial charge >= 0.3 is 12.1 Å². The molecule has 2 aliphatic heterocycles. The summed E-state index contributed by atoms with van der Waals surface area (Å²) in [5, 5.41) is 10.8. The number of carbonyl (C=O) groups is 2. The molecule has 1 fully saturated rings. The number of aromatic amines is 1. The largest absolute Gasteiger partial charge is 0.465 e. The average molecular weight is 518 g/mol. The number of carbonyl (C=O) groups excluding carboxylic acids is 2. The van der Waals surface area contributed by atoms with Crippen LogP contribution < -0.4 is 5.32 Å². The highest BCUT2D eigenvalue weighted by Gasteiger charge is 2.34. The molecule has 4 heterocycles. The van der Waals surface area contributed by atoms with Gasteiger partial charge < -0.3 is 24.3 Å². The van der Waals surface area contributed by atoms with Crippen LogP contribution in [0.2, 0.25) is 0 Å². The summed E-state index contributed by atoms with van der Waals surface area (Å²) in [5.41, 5.74) is 4.06. The zero-order valence-corrected chi connectivity index (χ0v) is 20.9. The number of nitrogens with zero attached hydrogens (tertiary/aromatic N) is 3. The van der Waals surface area contributed by atoms with Gasteiger partial charge in [-0.15, -0.1) is 0 Å². The van der Waals surface area contributed by atoms with Crippen molar-refractivity contribution in [3.63, 3.8) is 0 Å². The lowest BCUT2D eigenvalue weighted by Crippen LogP contribution is -2.51. The Kier molecular flexibility index (Phi) is 6.22. The minimum Gasteiger partial charge on any atom is -0.465 e. The molecule has 9 nitrogen and oxygen atoms in total. The van der Waals surface area contributed by atoms with Crippen molar-refractivity contribution in [2.24, 2.45) is 0 Å². The SMILES string of the molecule is Cc1cc(CC(OC(=O)N2CCC(N3Cc4cccc(F)c4NC3=O)CC2)c2ccco2)cc2cn[nH]c12. The van der Waals surface area contributed by atoms with Crippen molar-refractivity contribution < 1.29 is 23.1 Å². The van der Waals surface area contributed by atoms with Gasteiger partial charge in [0.1, 0.15) is 11.6 Å². The predicted molar refractivity (Wildman–Crippen MR) is 138 cm³/mol. The summed E-state index contributed by atoms with van der Waals surface area (Å²) in [6.45, 7) is 3.26. The van der Waals surface area contributed by atoms with E-state index in [1.54, 1.807) is 34.4 Å². The predicted octanol–water partition coefficient (Wildman–Crippen LogP) is 5.54. The number of para-hydroxylation sites is 1. The van der Waals surface area contributed by atoms with Gasteiger partial charge in [-0.25, -0.2) is 14.0 Å². The van der Waals surface area contributed by atoms with Gasteiger partial charge in [0.25, 0.3) is 0 Å². The monoisotopic (exact) mass is 517 g/mol. The van der Waals surface area contributed by atoms with Crippen LogP contribution in [0.3, 0.4) is 0 Å². The number of benzene rings is 2. The first kappa shape index (κ1) is 24.0. The molecule has 2 N–H and O–H groups in total. The van der Waals surface area contributed by atoms with Crippen molar-refractivity contribution >= 4 is 28.7 Å². The van der Waals surface area contributed by atoms with Gasteiger partial charge in [-0.3, -0.25) is 5.10 Å². The van der Waals surface area contributed by atoms with Gasteiger partial charge in [-0.05, 0) is 60.7 Å². The number of furan rings is 1. The summed E-state index contributed by atoms with van der Waals surface area (Å²) in [6.07, 6.45) is 4.02. The van der Waals surface area contributed by atoms with Crippen molar-refractivity contribution in [3.8, 4) is 0 Å². The second-order valence-corrected chi connectivity index (χ2v) is 9.89. The molecule has 2 aliphatic rings. The van der Waals surface area contributed by atoms with Gasteiger partial charge in [0.15, 0.2) is 6.10 Å². The summed E-state index contributed by atoms with van der Waals surface area (Å²) in [7, 11) is 0. The number of halogens is 1. The fourth-order valence-electron chi connectivity index (χ4n) is 5.45. The molecule has 1 unspecified atom stereocenters. The highest BCUT2D eigenvalue weighted by Crippen LogP contribution is 2.31. The molecule has 0 radical (unpaired) electrons. The van der Waals surface area contributed by atoms with Crippen molar-refractivity contribution in [1.82, 2.24) is 20.0 Å². The second kappa shape index (κ2) is 9.85. The molecule has 1 saturated heterocycles. The number of aryl methyl sites for hydroxylation is 1. The van der Waals surface area contributed by atoms with E-state index in [2.05, 4.69) is 21.6 Å². The summed E-state index contributed by atoms with van der Waals surface area (Å²) in [6, 6.07) is 12.1. The third kappa shape index (κ3) is 4.57. The topological polar surface area (TPSA) is 104 Å². The highest BCUT2D eigenvalue weighted by atomic mass is 19.1. The first-order chi connectivity index (χ1) is 18.5. The standard InChI is InChI=1S/C28H28FN5O4/c1-17-12-18(13-20-15-30-32-25(17)20)14-24(23-6-3-11-37-23)38-28(36)33-9-7-21(8-10-33)34-16-19-4-2-5-22(29)26(19)31-27(34)35/h2-6,11-13,15,21,24H,7-10,14,16H2,1H3,(H,30,32)(H,31,35). The molecule has 196 valence electrons. The lowest BCUT2D eigenvalue weighted by atomic mass is 10.0. The Balaban J connectivity index is 1.11. The van der Waals surface area contributed by atoms with Crippen LogP contribution >= 0.6 is 0 Å². The lowest BCUT2D eigenvalue weighted by Gasteiger charge is -2.40. The van der Waals surface area contributed by atoms with Crippen molar-refractivity contribution in [2.45, 2.75) is 44.9 Å². The first-order valence-electron chi connectivity index (χ1n) is 12.7. The molecule has 6 rings (SSSR count). The molecule has 4 aromatic rings. The van der Waals surface area contributed by atoms with Crippen LogP contribution in [0, 0.1) is 12.7 Å². The maximum absolute atomic E-state index is 14.1. The van der Waals surface area contributed by atoms with Crippen LogP contribution in [0.15, 0.2) is 59.3 Å². The maximum atomic E-state index is 14.1. The van der Waals surface area contributed by atoms with E-state index in [9.17, 15) is 14.0 Å². The van der Waals surface area contributed by atoms with Crippen LogP contribution in [-0.4, -0.2) is 51.3 Å². The minimum absolute atomic E-state index is 0.0546. The number of H-pyrrole nitrogens is 1. The van der Waals surface area contributed by atoms with E-state index in [4.69, 9.17) is 9.15 Å². The fraction of sp³-hybridized carbons (Fsp3) is 0.321. The molecule has 3 amide bonds. The Morgan fingerprint density at radius 2 is 2.08 bits per heavy atom. The van der Waals surface area contributed by atoms with E-state index >= 15 is 0 Å². The van der Waals surface area contributed by atoms with E-state index < -0.39 is 18.0 Å². The number of piperidine rings is 1. The molecule has 0 saturated carbocycles. The second-order valence-electron chi connectivity index (χ2n) is 9.89. The molecule has 0 aliphatic carbocycles. The number of aromatic nitrogens is 2. The van der Waals surface area contributed by atoms with Crippen molar-refractivity contribution in [1.29, 1.82) is 0 Å². The van der Waals surface area contributed by atoms with Crippen molar-refractivity contribution in [2.75, 3.05) is 18.4 Å². The quantitative estimate of drug-likeness (QED) is 0.362. The number of rotatable bonds is 5. The molecule has 38 heavy (non-hydrogen) atoms. The molecule has 1 atom stereocenters. The number of likely N-dealkylation sites (tertiary alicyclic amines) is 1. The van der Waals surface area contributed by atoms with Gasteiger partial charge in [0, 0.05) is 37.5 Å². The Morgan fingerprint density at radius 1 is 1.24 bits per heavy atom. The normalized spacial score (nSPS) is 16.8. The minimum atomic E-state index is -0.585. The van der Waals surface area contributed by atoms with Gasteiger partial charge in [0.05, 0.1) is 23.7 Å². The van der Waals surface area contributed by atoms with Crippen molar-refractivity contribution in [3.05, 3.63) is 83.2 Å². The van der Waals surface area contributed by atoms with E-state index in [1.165, 1.54) is 6.07 Å². The lowest BCUT2D eigenvalue weighted by molar-refractivity contribution is 0.0401. The molecular weight excluding hydrogens is 489 g/mol. The van der Waals surface area contributed by atoms with E-state index in [1.807, 2.05) is 25.1 Å². The van der Waals surface area contributed by atoms with Gasteiger partial charge in [0.2, 0.25) is 0 Å². The Morgan fingerprint density at radius 3 is 2.87 bits per heavy atom. The Labute approximate surface area is 218 Å². The molecule has 2 aromatic carbocycles. The number of amides is 3. The summed E-state index contributed by atoms with van der Waals surface area (Å²) in [5.74, 6) is 0.146. The van der Waals surface area contributed by atoms with E-state index in [0.29, 0.717) is 44.7 Å². The molecule has 2 aromatic heterocycles. The number of hydrogen-bond acceptors (Lipinski definition) is 5. The average Bonchev–Trinajstić information content (AvgIpc) is 3.62. The first-order valence-corrected chi connectivity index (χ1v) is 12.7.